The summed E-state index contributed by atoms with van der Waals surface area (Å²) in [6.07, 6.45) is 5.78. The van der Waals surface area contributed by atoms with Crippen LogP contribution in [0.1, 0.15) is 49.6 Å². The Kier molecular flexibility index (Phi) is 3.10. The van der Waals surface area contributed by atoms with Gasteiger partial charge in [-0.15, -0.1) is 0 Å². The molecule has 1 unspecified atom stereocenters. The summed E-state index contributed by atoms with van der Waals surface area (Å²) in [6.45, 7) is 2.02. The van der Waals surface area contributed by atoms with Crippen molar-refractivity contribution in [3.8, 4) is 0 Å². The molecular weight excluding hydrogens is 188 g/mol. The van der Waals surface area contributed by atoms with Crippen LogP contribution in [0.2, 0.25) is 0 Å². The fraction of sp³-hybridized carbons (Fsp3) is 0.750. The van der Waals surface area contributed by atoms with Gasteiger partial charge in [-0.3, -0.25) is 4.68 Å². The van der Waals surface area contributed by atoms with Crippen molar-refractivity contribution < 1.29 is 5.11 Å². The molecule has 0 spiro atoms. The van der Waals surface area contributed by atoms with Crippen LogP contribution >= 0.6 is 0 Å². The molecule has 1 aliphatic carbocycles. The van der Waals surface area contributed by atoms with Gasteiger partial charge >= 0.3 is 0 Å². The summed E-state index contributed by atoms with van der Waals surface area (Å²) >= 11 is 0. The topological polar surface area (TPSA) is 38.1 Å². The third-order valence-electron chi connectivity index (χ3n) is 3.53. The second-order valence-corrected chi connectivity index (χ2v) is 4.68. The number of aromatic nitrogens is 2. The number of aryl methyl sites for hydroxylation is 2. The highest BCUT2D eigenvalue weighted by molar-refractivity contribution is 5.11. The van der Waals surface area contributed by atoms with Crippen molar-refractivity contribution in [3.63, 3.8) is 0 Å². The van der Waals surface area contributed by atoms with E-state index in [1.165, 1.54) is 19.3 Å². The van der Waals surface area contributed by atoms with E-state index >= 15 is 0 Å². The van der Waals surface area contributed by atoms with E-state index in [1.54, 1.807) is 0 Å². The summed E-state index contributed by atoms with van der Waals surface area (Å²) < 4.78 is 1.83. The Hall–Kier alpha value is -0.830. The van der Waals surface area contributed by atoms with Crippen LogP contribution in [0.4, 0.5) is 0 Å². The molecule has 0 bridgehead atoms. The van der Waals surface area contributed by atoms with Gasteiger partial charge in [-0.25, -0.2) is 0 Å². The number of rotatable bonds is 2. The zero-order chi connectivity index (χ0) is 10.8. The molecule has 1 aromatic rings. The van der Waals surface area contributed by atoms with Gasteiger partial charge in [-0.1, -0.05) is 19.3 Å². The second kappa shape index (κ2) is 4.35. The summed E-state index contributed by atoms with van der Waals surface area (Å²) in [7, 11) is 1.92. The molecule has 0 aromatic carbocycles. The molecule has 3 nitrogen and oxygen atoms in total. The van der Waals surface area contributed by atoms with E-state index in [-0.39, 0.29) is 6.10 Å². The summed E-state index contributed by atoms with van der Waals surface area (Å²) in [5.74, 6) is 0.424. The molecule has 84 valence electrons. The van der Waals surface area contributed by atoms with Crippen molar-refractivity contribution in [2.75, 3.05) is 0 Å². The predicted molar refractivity (Wildman–Crippen MR) is 59.5 cm³/mol. The first kappa shape index (κ1) is 10.7. The number of hydrogen-bond acceptors (Lipinski definition) is 2. The third-order valence-corrected chi connectivity index (χ3v) is 3.53. The van der Waals surface area contributed by atoms with Gasteiger partial charge in [-0.05, 0) is 31.7 Å². The zero-order valence-electron chi connectivity index (χ0n) is 9.61. The molecule has 1 saturated carbocycles. The van der Waals surface area contributed by atoms with Crippen molar-refractivity contribution in [1.29, 1.82) is 0 Å². The first-order valence-electron chi connectivity index (χ1n) is 5.87. The average Bonchev–Trinajstić information content (AvgIpc) is 2.59. The van der Waals surface area contributed by atoms with E-state index in [2.05, 4.69) is 5.10 Å². The molecule has 2 rings (SSSR count). The SMILES string of the molecule is Cc1cc(C(O)C2CCCCC2)nn1C. The Morgan fingerprint density at radius 2 is 2.07 bits per heavy atom. The van der Waals surface area contributed by atoms with Crippen LogP contribution in [-0.2, 0) is 7.05 Å². The van der Waals surface area contributed by atoms with Crippen molar-refractivity contribution in [3.05, 3.63) is 17.5 Å². The molecular formula is C12H20N2O. The molecule has 1 atom stereocenters. The van der Waals surface area contributed by atoms with Gasteiger partial charge < -0.3 is 5.11 Å². The second-order valence-electron chi connectivity index (χ2n) is 4.68. The zero-order valence-corrected chi connectivity index (χ0v) is 9.61. The summed E-state index contributed by atoms with van der Waals surface area (Å²) in [5.41, 5.74) is 1.96. The first-order chi connectivity index (χ1) is 7.18. The Morgan fingerprint density at radius 1 is 1.40 bits per heavy atom. The van der Waals surface area contributed by atoms with Crippen molar-refractivity contribution in [2.24, 2.45) is 13.0 Å². The van der Waals surface area contributed by atoms with Gasteiger partial charge in [0, 0.05) is 12.7 Å². The van der Waals surface area contributed by atoms with E-state index in [4.69, 9.17) is 0 Å². The molecule has 0 saturated heterocycles. The van der Waals surface area contributed by atoms with Crippen LogP contribution in [-0.4, -0.2) is 14.9 Å². The molecule has 3 heteroatoms. The van der Waals surface area contributed by atoms with E-state index in [1.807, 2.05) is 24.7 Å². The molecule has 0 aliphatic heterocycles. The van der Waals surface area contributed by atoms with Gasteiger partial charge in [0.1, 0.15) is 6.10 Å². The maximum absolute atomic E-state index is 10.2. The van der Waals surface area contributed by atoms with Gasteiger partial charge in [0.05, 0.1) is 5.69 Å². The van der Waals surface area contributed by atoms with Gasteiger partial charge in [-0.2, -0.15) is 5.10 Å². The quantitative estimate of drug-likeness (QED) is 0.810. The minimum absolute atomic E-state index is 0.356. The van der Waals surface area contributed by atoms with E-state index < -0.39 is 0 Å². The monoisotopic (exact) mass is 208 g/mol. The van der Waals surface area contributed by atoms with E-state index in [0.29, 0.717) is 5.92 Å². The molecule has 1 heterocycles. The minimum Gasteiger partial charge on any atom is -0.386 e. The van der Waals surface area contributed by atoms with Crippen LogP contribution in [0.15, 0.2) is 6.07 Å². The highest BCUT2D eigenvalue weighted by atomic mass is 16.3. The maximum Gasteiger partial charge on any atom is 0.101 e. The fourth-order valence-electron chi connectivity index (χ4n) is 2.42. The van der Waals surface area contributed by atoms with Crippen LogP contribution < -0.4 is 0 Å². The van der Waals surface area contributed by atoms with E-state index in [0.717, 1.165) is 24.2 Å². The standard InChI is InChI=1S/C12H20N2O/c1-9-8-11(13-14(9)2)12(15)10-6-4-3-5-7-10/h8,10,12,15H,3-7H2,1-2H3. The first-order valence-corrected chi connectivity index (χ1v) is 5.87. The van der Waals surface area contributed by atoms with Gasteiger partial charge in [0.25, 0.3) is 0 Å². The molecule has 15 heavy (non-hydrogen) atoms. The largest absolute Gasteiger partial charge is 0.386 e. The lowest BCUT2D eigenvalue weighted by atomic mass is 9.84. The fourth-order valence-corrected chi connectivity index (χ4v) is 2.42. The number of hydrogen-bond donors (Lipinski definition) is 1. The average molecular weight is 208 g/mol. The Morgan fingerprint density at radius 3 is 2.60 bits per heavy atom. The normalized spacial score (nSPS) is 20.5. The van der Waals surface area contributed by atoms with Crippen LogP contribution in [0, 0.1) is 12.8 Å². The summed E-state index contributed by atoms with van der Waals surface area (Å²) in [4.78, 5) is 0. The van der Waals surface area contributed by atoms with Crippen molar-refractivity contribution >= 4 is 0 Å². The van der Waals surface area contributed by atoms with Crippen molar-refractivity contribution in [1.82, 2.24) is 9.78 Å². The highest BCUT2D eigenvalue weighted by Gasteiger charge is 2.24. The predicted octanol–water partition coefficient (Wildman–Crippen LogP) is 2.34. The molecule has 1 aromatic heterocycles. The van der Waals surface area contributed by atoms with Gasteiger partial charge in [0.15, 0.2) is 0 Å². The Balaban J connectivity index is 2.08. The summed E-state index contributed by atoms with van der Waals surface area (Å²) in [6, 6.07) is 2.00. The highest BCUT2D eigenvalue weighted by Crippen LogP contribution is 2.33. The number of aliphatic hydroxyl groups is 1. The molecule has 1 fully saturated rings. The molecule has 1 aliphatic rings. The molecule has 0 radical (unpaired) electrons. The Bertz CT molecular complexity index is 307. The summed E-state index contributed by atoms with van der Waals surface area (Å²) in [5, 5.41) is 14.6. The lowest BCUT2D eigenvalue weighted by molar-refractivity contribution is 0.0806. The van der Waals surface area contributed by atoms with Crippen LogP contribution in [0.25, 0.3) is 0 Å². The minimum atomic E-state index is -0.356. The maximum atomic E-state index is 10.2. The van der Waals surface area contributed by atoms with Crippen LogP contribution in [0.3, 0.4) is 0 Å². The van der Waals surface area contributed by atoms with Crippen molar-refractivity contribution in [2.45, 2.75) is 45.1 Å². The van der Waals surface area contributed by atoms with Gasteiger partial charge in [0.2, 0.25) is 0 Å². The third kappa shape index (κ3) is 2.23. The Labute approximate surface area is 91.1 Å². The lowest BCUT2D eigenvalue weighted by Gasteiger charge is -2.25. The molecule has 0 amide bonds. The van der Waals surface area contributed by atoms with Crippen LogP contribution in [0.5, 0.6) is 0 Å². The number of aliphatic hydroxyl groups excluding tert-OH is 1. The number of nitrogens with zero attached hydrogens (tertiary/aromatic N) is 2. The van der Waals surface area contributed by atoms with E-state index in [9.17, 15) is 5.11 Å². The smallest absolute Gasteiger partial charge is 0.101 e. The lowest BCUT2D eigenvalue weighted by Crippen LogP contribution is -2.16. The molecule has 1 N–H and O–H groups in total.